The van der Waals surface area contributed by atoms with Gasteiger partial charge in [-0.15, -0.1) is 0 Å². The lowest BCUT2D eigenvalue weighted by Crippen LogP contribution is -2.54. The fourth-order valence-electron chi connectivity index (χ4n) is 3.90. The molecule has 0 saturated carbocycles. The predicted molar refractivity (Wildman–Crippen MR) is 107 cm³/mol. The van der Waals surface area contributed by atoms with Crippen LogP contribution in [0.5, 0.6) is 0 Å². The van der Waals surface area contributed by atoms with Gasteiger partial charge in [0.25, 0.3) is 0 Å². The number of hydrogen-bond donors (Lipinski definition) is 1. The van der Waals surface area contributed by atoms with E-state index >= 15 is 0 Å². The Hall–Kier alpha value is -1.36. The number of aromatic nitrogens is 2. The average Bonchev–Trinajstić information content (AvgIpc) is 2.80. The van der Waals surface area contributed by atoms with Crippen LogP contribution in [0.1, 0.15) is 64.4 Å². The van der Waals surface area contributed by atoms with Crippen molar-refractivity contribution in [2.24, 2.45) is 11.8 Å². The first kappa shape index (κ1) is 20.9. The molecule has 0 aliphatic carbocycles. The third kappa shape index (κ3) is 5.32. The molecule has 2 rings (SSSR count). The fraction of sp³-hybridized carbons (Fsp3) is 0.810. The van der Waals surface area contributed by atoms with Crippen LogP contribution in [0.3, 0.4) is 0 Å². The topological polar surface area (TPSA) is 50.2 Å². The fourth-order valence-corrected chi connectivity index (χ4v) is 3.90. The summed E-state index contributed by atoms with van der Waals surface area (Å²) in [6, 6.07) is 0. The van der Waals surface area contributed by atoms with Gasteiger partial charge in [-0.1, -0.05) is 20.8 Å². The monoisotopic (exact) mass is 362 g/mol. The molecule has 5 nitrogen and oxygen atoms in total. The zero-order valence-corrected chi connectivity index (χ0v) is 17.9. The molecule has 5 heteroatoms. The summed E-state index contributed by atoms with van der Waals surface area (Å²) >= 11 is 0. The highest BCUT2D eigenvalue weighted by Crippen LogP contribution is 2.23. The van der Waals surface area contributed by atoms with Crippen molar-refractivity contribution in [3.63, 3.8) is 0 Å². The maximum Gasteiger partial charge on any atom is 0.224 e. The molecule has 1 atom stereocenters. The second-order valence-corrected chi connectivity index (χ2v) is 9.18. The van der Waals surface area contributed by atoms with Crippen molar-refractivity contribution in [3.8, 4) is 0 Å². The van der Waals surface area contributed by atoms with E-state index in [0.29, 0.717) is 18.9 Å². The summed E-state index contributed by atoms with van der Waals surface area (Å²) < 4.78 is 2.04. The van der Waals surface area contributed by atoms with Gasteiger partial charge in [0.1, 0.15) is 0 Å². The van der Waals surface area contributed by atoms with Crippen LogP contribution in [0.2, 0.25) is 0 Å². The summed E-state index contributed by atoms with van der Waals surface area (Å²) in [6.45, 7) is 19.1. The Balaban J connectivity index is 1.93. The third-order valence-electron chi connectivity index (χ3n) is 5.64. The lowest BCUT2D eigenvalue weighted by atomic mass is 9.93. The molecule has 0 unspecified atom stereocenters. The number of carbonyl (C=O) groups is 1. The summed E-state index contributed by atoms with van der Waals surface area (Å²) in [4.78, 5) is 15.1. The van der Waals surface area contributed by atoms with E-state index in [0.717, 1.165) is 42.5 Å². The minimum absolute atomic E-state index is 0.00372. The molecule has 1 aliphatic rings. The summed E-state index contributed by atoms with van der Waals surface area (Å²) in [5.74, 6) is 1.39. The zero-order valence-electron chi connectivity index (χ0n) is 17.9. The van der Waals surface area contributed by atoms with Gasteiger partial charge >= 0.3 is 0 Å². The Bertz CT molecular complexity index is 618. The highest BCUT2D eigenvalue weighted by molar-refractivity contribution is 5.79. The number of hydrogen-bond acceptors (Lipinski definition) is 3. The van der Waals surface area contributed by atoms with E-state index in [1.807, 2.05) is 11.6 Å². The highest BCUT2D eigenvalue weighted by atomic mass is 16.1. The number of nitrogens with zero attached hydrogens (tertiary/aromatic N) is 3. The van der Waals surface area contributed by atoms with E-state index in [1.54, 1.807) is 0 Å². The molecule has 0 spiro atoms. The average molecular weight is 363 g/mol. The number of rotatable bonds is 7. The van der Waals surface area contributed by atoms with Crippen LogP contribution in [-0.2, 0) is 17.8 Å². The summed E-state index contributed by atoms with van der Waals surface area (Å²) in [5.41, 5.74) is 3.17. The van der Waals surface area contributed by atoms with E-state index in [-0.39, 0.29) is 11.4 Å². The lowest BCUT2D eigenvalue weighted by molar-refractivity contribution is -0.121. The van der Waals surface area contributed by atoms with E-state index in [2.05, 4.69) is 56.9 Å². The Morgan fingerprint density at radius 2 is 2.04 bits per heavy atom. The number of piperidine rings is 1. The quantitative estimate of drug-likeness (QED) is 0.809. The minimum Gasteiger partial charge on any atom is -0.354 e. The Morgan fingerprint density at radius 1 is 1.35 bits per heavy atom. The van der Waals surface area contributed by atoms with Crippen LogP contribution >= 0.6 is 0 Å². The van der Waals surface area contributed by atoms with Gasteiger partial charge in [-0.25, -0.2) is 0 Å². The van der Waals surface area contributed by atoms with Gasteiger partial charge in [0.2, 0.25) is 5.91 Å². The van der Waals surface area contributed by atoms with Crippen LogP contribution in [0.15, 0.2) is 0 Å². The summed E-state index contributed by atoms with van der Waals surface area (Å²) in [6.07, 6.45) is 2.99. The van der Waals surface area contributed by atoms with Gasteiger partial charge in [-0.3, -0.25) is 14.4 Å². The number of amides is 1. The van der Waals surface area contributed by atoms with Gasteiger partial charge in [0.15, 0.2) is 0 Å². The Labute approximate surface area is 159 Å². The van der Waals surface area contributed by atoms with E-state index in [4.69, 9.17) is 0 Å². The van der Waals surface area contributed by atoms with Crippen molar-refractivity contribution < 1.29 is 4.79 Å². The van der Waals surface area contributed by atoms with Crippen LogP contribution < -0.4 is 5.32 Å². The van der Waals surface area contributed by atoms with E-state index < -0.39 is 0 Å². The van der Waals surface area contributed by atoms with Gasteiger partial charge in [-0.05, 0) is 58.9 Å². The first-order valence-corrected chi connectivity index (χ1v) is 10.1. The molecule has 2 heterocycles. The molecule has 1 aromatic rings. The van der Waals surface area contributed by atoms with Gasteiger partial charge in [-0.2, -0.15) is 5.10 Å². The maximum absolute atomic E-state index is 12.6. The molecular weight excluding hydrogens is 324 g/mol. The van der Waals surface area contributed by atoms with Crippen LogP contribution in [-0.4, -0.2) is 45.8 Å². The highest BCUT2D eigenvalue weighted by Gasteiger charge is 2.30. The molecule has 0 bridgehead atoms. The van der Waals surface area contributed by atoms with E-state index in [1.165, 1.54) is 12.8 Å². The number of likely N-dealkylation sites (tertiary alicyclic amines) is 1. The number of carbonyl (C=O) groups excluding carboxylic acids is 1. The molecule has 1 aromatic heterocycles. The van der Waals surface area contributed by atoms with E-state index in [9.17, 15) is 4.79 Å². The van der Waals surface area contributed by atoms with Crippen LogP contribution in [0.4, 0.5) is 0 Å². The zero-order chi connectivity index (χ0) is 19.5. The van der Waals surface area contributed by atoms with Crippen molar-refractivity contribution >= 4 is 5.91 Å². The molecule has 26 heavy (non-hydrogen) atoms. The molecule has 1 N–H and O–H groups in total. The Morgan fingerprint density at radius 3 is 2.65 bits per heavy atom. The molecule has 148 valence electrons. The molecule has 0 radical (unpaired) electrons. The van der Waals surface area contributed by atoms with Crippen molar-refractivity contribution in [2.45, 2.75) is 79.8 Å². The predicted octanol–water partition coefficient (Wildman–Crippen LogP) is 3.33. The van der Waals surface area contributed by atoms with Crippen molar-refractivity contribution in [1.29, 1.82) is 0 Å². The van der Waals surface area contributed by atoms with Crippen molar-refractivity contribution in [3.05, 3.63) is 17.0 Å². The van der Waals surface area contributed by atoms with Crippen molar-refractivity contribution in [2.75, 3.05) is 19.6 Å². The largest absolute Gasteiger partial charge is 0.354 e. The molecule has 1 fully saturated rings. The standard InChI is InChI=1S/C21H38N4O/c1-15(2)12-25-18(5)19(17(4)23-25)11-20(26)22-14-21(6,7)24-10-8-9-16(3)13-24/h15-16H,8-14H2,1-7H3,(H,22,26)/t16-/m0/s1. The maximum atomic E-state index is 12.6. The molecule has 1 amide bonds. The molecule has 1 aliphatic heterocycles. The van der Waals surface area contributed by atoms with Crippen LogP contribution in [0.25, 0.3) is 0 Å². The first-order valence-electron chi connectivity index (χ1n) is 10.1. The van der Waals surface area contributed by atoms with Crippen molar-refractivity contribution in [1.82, 2.24) is 20.0 Å². The smallest absolute Gasteiger partial charge is 0.224 e. The second kappa shape index (κ2) is 8.55. The van der Waals surface area contributed by atoms with Gasteiger partial charge < -0.3 is 5.32 Å². The van der Waals surface area contributed by atoms with Gasteiger partial charge in [0, 0.05) is 36.4 Å². The molecular formula is C21H38N4O. The molecule has 1 saturated heterocycles. The van der Waals surface area contributed by atoms with Crippen LogP contribution in [0, 0.1) is 25.7 Å². The normalized spacial score (nSPS) is 19.2. The summed E-state index contributed by atoms with van der Waals surface area (Å²) in [7, 11) is 0. The lowest BCUT2D eigenvalue weighted by Gasteiger charge is -2.43. The number of nitrogens with one attached hydrogen (secondary N) is 1. The molecule has 0 aromatic carbocycles. The summed E-state index contributed by atoms with van der Waals surface area (Å²) in [5, 5.41) is 7.79. The number of aryl methyl sites for hydroxylation is 1. The minimum atomic E-state index is -0.00372. The van der Waals surface area contributed by atoms with Gasteiger partial charge in [0.05, 0.1) is 12.1 Å². The third-order valence-corrected chi connectivity index (χ3v) is 5.64. The Kier molecular flexibility index (Phi) is 6.89. The first-order chi connectivity index (χ1) is 12.1. The second-order valence-electron chi connectivity index (χ2n) is 9.18. The SMILES string of the molecule is Cc1nn(CC(C)C)c(C)c1CC(=O)NCC(C)(C)N1CCC[C@H](C)C1.